The van der Waals surface area contributed by atoms with E-state index in [-0.39, 0.29) is 11.8 Å². The highest BCUT2D eigenvalue weighted by atomic mass is 19.4. The zero-order valence-electron chi connectivity index (χ0n) is 9.97. The van der Waals surface area contributed by atoms with E-state index in [4.69, 9.17) is 4.42 Å². The molecule has 98 valence electrons. The van der Waals surface area contributed by atoms with Crippen molar-refractivity contribution >= 4 is 11.7 Å². The molecule has 0 aromatic carbocycles. The van der Waals surface area contributed by atoms with E-state index in [9.17, 15) is 18.0 Å². The van der Waals surface area contributed by atoms with Crippen molar-refractivity contribution in [1.29, 1.82) is 0 Å². The van der Waals surface area contributed by atoms with E-state index in [1.165, 1.54) is 18.2 Å². The van der Waals surface area contributed by atoms with Crippen LogP contribution in [-0.2, 0) is 9.22 Å². The lowest BCUT2D eigenvalue weighted by Gasteiger charge is -2.10. The average molecular weight is 260 g/mol. The summed E-state index contributed by atoms with van der Waals surface area (Å²) in [7, 11) is 0. The van der Waals surface area contributed by atoms with Crippen molar-refractivity contribution in [2.75, 3.05) is 0 Å². The van der Waals surface area contributed by atoms with Crippen LogP contribution in [0.3, 0.4) is 0 Å². The minimum atomic E-state index is -4.91. The predicted octanol–water partition coefficient (Wildman–Crippen LogP) is 2.19. The quantitative estimate of drug-likeness (QED) is 0.600. The third-order valence-corrected chi connectivity index (χ3v) is 1.94. The van der Waals surface area contributed by atoms with Gasteiger partial charge in [-0.2, -0.15) is 13.2 Å². The summed E-state index contributed by atoms with van der Waals surface area (Å²) in [5.41, 5.74) is 0.433. The van der Waals surface area contributed by atoms with Crippen LogP contribution < -0.4 is 5.32 Å². The van der Waals surface area contributed by atoms with E-state index < -0.39 is 12.1 Å². The van der Waals surface area contributed by atoms with Crippen LogP contribution in [0.15, 0.2) is 36.1 Å². The minimum absolute atomic E-state index is 0.0263. The monoisotopic (exact) mass is 260 g/mol. The van der Waals surface area contributed by atoms with Crippen LogP contribution >= 0.6 is 0 Å². The average Bonchev–Trinajstić information content (AvgIpc) is 2.20. The third-order valence-electron chi connectivity index (χ3n) is 1.94. The lowest BCUT2D eigenvalue weighted by molar-refractivity contribution is -0.492. The number of nitrogens with one attached hydrogen (secondary N) is 1. The van der Waals surface area contributed by atoms with Crippen molar-refractivity contribution in [2.45, 2.75) is 26.1 Å². The third kappa shape index (κ3) is 3.87. The van der Waals surface area contributed by atoms with Crippen LogP contribution in [0.5, 0.6) is 0 Å². The summed E-state index contributed by atoms with van der Waals surface area (Å²) in [6, 6.07) is 0. The summed E-state index contributed by atoms with van der Waals surface area (Å²) in [5, 5.41) is 1.74. The Bertz CT molecular complexity index is 456. The molecular formula is C12H13F3NO2+. The van der Waals surface area contributed by atoms with Crippen LogP contribution in [0.25, 0.3) is 0 Å². The summed E-state index contributed by atoms with van der Waals surface area (Å²) in [5.74, 6) is -1.55. The molecule has 0 aromatic heterocycles. The van der Waals surface area contributed by atoms with Crippen LogP contribution in [0.2, 0.25) is 0 Å². The van der Waals surface area contributed by atoms with Crippen molar-refractivity contribution in [3.8, 4) is 0 Å². The van der Waals surface area contributed by atoms with E-state index in [2.05, 4.69) is 6.58 Å². The summed E-state index contributed by atoms with van der Waals surface area (Å²) >= 11 is 0. The SMILES string of the molecule is C=C1C=C(NC(=O)C(F)(F)F)C=CC1=[O+]C(C)C. The number of hydrogen-bond donors (Lipinski definition) is 1. The Hall–Kier alpha value is -1.85. The van der Waals surface area contributed by atoms with Crippen LogP contribution in [-0.4, -0.2) is 24.0 Å². The maximum Gasteiger partial charge on any atom is 0.471 e. The second-order valence-electron chi connectivity index (χ2n) is 3.94. The molecule has 6 heteroatoms. The zero-order valence-corrected chi connectivity index (χ0v) is 9.97. The highest BCUT2D eigenvalue weighted by Gasteiger charge is 2.39. The Kier molecular flexibility index (Phi) is 4.11. The second-order valence-corrected chi connectivity index (χ2v) is 3.94. The molecule has 0 saturated heterocycles. The maximum absolute atomic E-state index is 12.0. The van der Waals surface area contributed by atoms with Gasteiger partial charge in [0, 0.05) is 25.6 Å². The molecule has 3 nitrogen and oxygen atoms in total. The lowest BCUT2D eigenvalue weighted by atomic mass is 10.1. The molecule has 0 saturated carbocycles. The minimum Gasteiger partial charge on any atom is -0.318 e. The smallest absolute Gasteiger partial charge is 0.318 e. The van der Waals surface area contributed by atoms with Gasteiger partial charge in [0.25, 0.3) is 6.10 Å². The summed E-state index contributed by atoms with van der Waals surface area (Å²) < 4.78 is 41.5. The van der Waals surface area contributed by atoms with Crippen molar-refractivity contribution in [3.05, 3.63) is 36.1 Å². The van der Waals surface area contributed by atoms with Crippen molar-refractivity contribution in [3.63, 3.8) is 0 Å². The molecule has 0 aliphatic heterocycles. The van der Waals surface area contributed by atoms with Gasteiger partial charge in [0.15, 0.2) is 0 Å². The number of allylic oxidation sites excluding steroid dienone is 4. The normalized spacial score (nSPS) is 18.2. The predicted molar refractivity (Wildman–Crippen MR) is 60.7 cm³/mol. The molecule has 0 heterocycles. The van der Waals surface area contributed by atoms with Gasteiger partial charge in [0.1, 0.15) is 0 Å². The standard InChI is InChI=1S/C12H12F3NO2/c1-7(2)18-10-5-4-9(6-8(10)3)16-11(17)12(13,14)15/h4-7H,3H2,1-2H3/p+1. The Balaban J connectivity index is 2.78. The van der Waals surface area contributed by atoms with E-state index in [0.29, 0.717) is 11.4 Å². The molecule has 0 spiro atoms. The topological polar surface area (TPSA) is 40.4 Å². The van der Waals surface area contributed by atoms with Crippen LogP contribution in [0, 0.1) is 0 Å². The van der Waals surface area contributed by atoms with Gasteiger partial charge in [0.05, 0.1) is 5.57 Å². The molecular weight excluding hydrogens is 247 g/mol. The fraction of sp³-hybridized carbons (Fsp3) is 0.333. The van der Waals surface area contributed by atoms with Gasteiger partial charge in [0.2, 0.25) is 0 Å². The fourth-order valence-electron chi connectivity index (χ4n) is 1.23. The molecule has 1 amide bonds. The number of hydrogen-bond acceptors (Lipinski definition) is 1. The van der Waals surface area contributed by atoms with Crippen LogP contribution in [0.4, 0.5) is 13.2 Å². The van der Waals surface area contributed by atoms with E-state index in [0.717, 1.165) is 0 Å². The number of rotatable bonds is 2. The number of amides is 1. The molecule has 0 aromatic rings. The number of ketones is 1. The summed E-state index contributed by atoms with van der Waals surface area (Å²) in [6.45, 7) is 7.28. The summed E-state index contributed by atoms with van der Waals surface area (Å²) in [4.78, 5) is 10.7. The first-order valence-electron chi connectivity index (χ1n) is 5.21. The Morgan fingerprint density at radius 2 is 2.00 bits per heavy atom. The Morgan fingerprint density at radius 1 is 1.39 bits per heavy atom. The van der Waals surface area contributed by atoms with E-state index in [1.54, 1.807) is 5.32 Å². The molecule has 1 aliphatic rings. The van der Waals surface area contributed by atoms with Gasteiger partial charge in [-0.15, -0.1) is 0 Å². The lowest BCUT2D eigenvalue weighted by Crippen LogP contribution is -2.36. The summed E-state index contributed by atoms with van der Waals surface area (Å²) in [6.07, 6.45) is -0.860. The van der Waals surface area contributed by atoms with Gasteiger partial charge in [-0.05, 0) is 12.2 Å². The highest BCUT2D eigenvalue weighted by molar-refractivity contribution is 6.07. The molecule has 1 rings (SSSR count). The molecule has 0 radical (unpaired) electrons. The molecule has 0 fully saturated rings. The first kappa shape index (κ1) is 14.2. The van der Waals surface area contributed by atoms with Crippen molar-refractivity contribution < 1.29 is 22.4 Å². The first-order valence-corrected chi connectivity index (χ1v) is 5.21. The number of halogens is 3. The first-order chi connectivity index (χ1) is 8.20. The zero-order chi connectivity index (χ0) is 13.9. The molecule has 18 heavy (non-hydrogen) atoms. The van der Waals surface area contributed by atoms with Crippen molar-refractivity contribution in [1.82, 2.24) is 5.32 Å². The Labute approximate surface area is 102 Å². The molecule has 0 unspecified atom stereocenters. The van der Waals surface area contributed by atoms with Gasteiger partial charge in [-0.1, -0.05) is 6.58 Å². The number of carbonyl (C=O) groups is 1. The molecule has 0 bridgehead atoms. The number of alkyl halides is 3. The Morgan fingerprint density at radius 3 is 2.44 bits per heavy atom. The maximum atomic E-state index is 12.0. The molecule has 1 N–H and O–H groups in total. The van der Waals surface area contributed by atoms with Gasteiger partial charge < -0.3 is 5.32 Å². The van der Waals surface area contributed by atoms with Gasteiger partial charge in [-0.3, -0.25) is 9.22 Å². The van der Waals surface area contributed by atoms with E-state index >= 15 is 0 Å². The van der Waals surface area contributed by atoms with Gasteiger partial charge in [-0.25, -0.2) is 0 Å². The fourth-order valence-corrected chi connectivity index (χ4v) is 1.23. The van der Waals surface area contributed by atoms with Crippen LogP contribution in [0.1, 0.15) is 13.8 Å². The number of carbonyl (C=O) groups excluding carboxylic acids is 2. The molecule has 1 aliphatic carbocycles. The molecule has 0 atom stereocenters. The van der Waals surface area contributed by atoms with Gasteiger partial charge >= 0.3 is 17.9 Å². The van der Waals surface area contributed by atoms with E-state index in [1.807, 2.05) is 13.8 Å². The second kappa shape index (κ2) is 5.20. The largest absolute Gasteiger partial charge is 0.471 e. The van der Waals surface area contributed by atoms with Crippen molar-refractivity contribution in [2.24, 2.45) is 0 Å². The highest BCUT2D eigenvalue weighted by Crippen LogP contribution is 2.17.